The third-order valence-electron chi connectivity index (χ3n) is 1.88. The highest BCUT2D eigenvalue weighted by Gasteiger charge is 2.08. The lowest BCUT2D eigenvalue weighted by atomic mass is 10.2. The van der Waals surface area contributed by atoms with Crippen molar-refractivity contribution in [3.05, 3.63) is 23.6 Å². The van der Waals surface area contributed by atoms with Gasteiger partial charge in [0.15, 0.2) is 0 Å². The monoisotopic (exact) mass is 210 g/mol. The zero-order valence-corrected chi connectivity index (χ0v) is 8.12. The molecule has 0 bridgehead atoms. The molecule has 4 nitrogen and oxygen atoms in total. The van der Waals surface area contributed by atoms with Gasteiger partial charge < -0.3 is 9.84 Å². The smallest absolute Gasteiger partial charge is 0.144 e. The maximum Gasteiger partial charge on any atom is 0.144 e. The second-order valence-corrected chi connectivity index (χ2v) is 3.06. The maximum atomic E-state index is 9.62. The summed E-state index contributed by atoms with van der Waals surface area (Å²) in [6, 6.07) is 3.15. The van der Waals surface area contributed by atoms with E-state index < -0.39 is 0 Å². The topological polar surface area (TPSA) is 55.2 Å². The van der Waals surface area contributed by atoms with Crippen LogP contribution in [0.2, 0.25) is 5.15 Å². The van der Waals surface area contributed by atoms with Crippen LogP contribution in [0.15, 0.2) is 18.5 Å². The van der Waals surface area contributed by atoms with Gasteiger partial charge in [0.2, 0.25) is 0 Å². The fourth-order valence-corrected chi connectivity index (χ4v) is 1.46. The van der Waals surface area contributed by atoms with Gasteiger partial charge in [-0.3, -0.25) is 0 Å². The van der Waals surface area contributed by atoms with Crippen LogP contribution >= 0.6 is 11.6 Å². The van der Waals surface area contributed by atoms with Crippen molar-refractivity contribution in [1.29, 1.82) is 0 Å². The molecule has 14 heavy (non-hydrogen) atoms. The van der Waals surface area contributed by atoms with Crippen molar-refractivity contribution in [2.45, 2.75) is 0 Å². The number of hydrogen-bond donors (Lipinski definition) is 1. The van der Waals surface area contributed by atoms with Crippen LogP contribution in [0.4, 0.5) is 0 Å². The van der Waals surface area contributed by atoms with Crippen LogP contribution in [0.5, 0.6) is 11.5 Å². The van der Waals surface area contributed by atoms with E-state index in [-0.39, 0.29) is 10.9 Å². The Bertz CT molecular complexity index is 487. The van der Waals surface area contributed by atoms with Crippen LogP contribution in [-0.2, 0) is 0 Å². The molecule has 0 aliphatic rings. The minimum atomic E-state index is 0.0185. The lowest BCUT2D eigenvalue weighted by Gasteiger charge is -2.04. The predicted molar refractivity (Wildman–Crippen MR) is 52.8 cm³/mol. The zero-order chi connectivity index (χ0) is 10.1. The van der Waals surface area contributed by atoms with Gasteiger partial charge in [-0.1, -0.05) is 11.6 Å². The molecule has 0 aliphatic heterocycles. The molecule has 0 unspecified atom stereocenters. The summed E-state index contributed by atoms with van der Waals surface area (Å²) in [4.78, 5) is 7.75. The molecule has 0 aliphatic carbocycles. The number of hydrogen-bond acceptors (Lipinski definition) is 4. The number of phenolic OH excluding ortho intramolecular Hbond substituents is 1. The van der Waals surface area contributed by atoms with E-state index in [2.05, 4.69) is 9.97 Å². The molecule has 0 saturated heterocycles. The third kappa shape index (κ3) is 1.33. The first-order valence-electron chi connectivity index (χ1n) is 3.89. The summed E-state index contributed by atoms with van der Waals surface area (Å²) in [6.07, 6.45) is 1.34. The van der Waals surface area contributed by atoms with E-state index in [1.54, 1.807) is 6.07 Å². The van der Waals surface area contributed by atoms with E-state index in [9.17, 15) is 5.11 Å². The standard InChI is InChI=1S/C9H7ClN2O2/c1-14-5-2-6-8(7(13)3-5)9(10)12-4-11-6/h2-4,13H,1H3. The summed E-state index contributed by atoms with van der Waals surface area (Å²) in [5.41, 5.74) is 0.557. The SMILES string of the molecule is COc1cc(O)c2c(Cl)ncnc2c1. The molecular weight excluding hydrogens is 204 g/mol. The van der Waals surface area contributed by atoms with E-state index >= 15 is 0 Å². The number of fused-ring (bicyclic) bond motifs is 1. The van der Waals surface area contributed by atoms with Crippen molar-refractivity contribution in [2.24, 2.45) is 0 Å². The number of nitrogens with zero attached hydrogens (tertiary/aromatic N) is 2. The largest absolute Gasteiger partial charge is 0.507 e. The number of ether oxygens (including phenoxy) is 1. The van der Waals surface area contributed by atoms with Crippen LogP contribution in [0.1, 0.15) is 0 Å². The van der Waals surface area contributed by atoms with Gasteiger partial charge in [0, 0.05) is 12.1 Å². The Hall–Kier alpha value is -1.55. The second kappa shape index (κ2) is 3.31. The molecule has 0 amide bonds. The first-order valence-corrected chi connectivity index (χ1v) is 4.27. The van der Waals surface area contributed by atoms with Crippen LogP contribution in [0.25, 0.3) is 10.9 Å². The molecular formula is C9H7ClN2O2. The first kappa shape index (κ1) is 9.02. The normalized spacial score (nSPS) is 10.4. The van der Waals surface area contributed by atoms with Crippen molar-refractivity contribution < 1.29 is 9.84 Å². The molecule has 1 aromatic carbocycles. The average Bonchev–Trinajstić information content (AvgIpc) is 2.17. The van der Waals surface area contributed by atoms with Gasteiger partial charge in [0.05, 0.1) is 18.0 Å². The van der Waals surface area contributed by atoms with Gasteiger partial charge in [-0.15, -0.1) is 0 Å². The summed E-state index contributed by atoms with van der Waals surface area (Å²) < 4.78 is 4.98. The molecule has 0 atom stereocenters. The van der Waals surface area contributed by atoms with Crippen LogP contribution in [0, 0.1) is 0 Å². The van der Waals surface area contributed by atoms with Crippen molar-refractivity contribution >= 4 is 22.5 Å². The number of aromatic hydroxyl groups is 1. The number of aromatic nitrogens is 2. The van der Waals surface area contributed by atoms with Crippen molar-refractivity contribution in [3.8, 4) is 11.5 Å². The van der Waals surface area contributed by atoms with E-state index in [0.717, 1.165) is 0 Å². The number of methoxy groups -OCH3 is 1. The fraction of sp³-hybridized carbons (Fsp3) is 0.111. The van der Waals surface area contributed by atoms with E-state index in [1.165, 1.54) is 19.5 Å². The molecule has 0 fully saturated rings. The minimum Gasteiger partial charge on any atom is -0.507 e. The van der Waals surface area contributed by atoms with Gasteiger partial charge in [-0.05, 0) is 0 Å². The number of benzene rings is 1. The van der Waals surface area contributed by atoms with Gasteiger partial charge in [0.25, 0.3) is 0 Å². The summed E-state index contributed by atoms with van der Waals surface area (Å²) in [7, 11) is 1.52. The molecule has 1 N–H and O–H groups in total. The lowest BCUT2D eigenvalue weighted by molar-refractivity contribution is 0.409. The highest BCUT2D eigenvalue weighted by Crippen LogP contribution is 2.32. The Labute approximate surface area is 85.1 Å². The minimum absolute atomic E-state index is 0.0185. The van der Waals surface area contributed by atoms with Crippen molar-refractivity contribution in [1.82, 2.24) is 9.97 Å². The van der Waals surface area contributed by atoms with Crippen LogP contribution in [0.3, 0.4) is 0 Å². The average molecular weight is 211 g/mol. The lowest BCUT2D eigenvalue weighted by Crippen LogP contribution is -1.87. The molecule has 72 valence electrons. The Morgan fingerprint density at radius 2 is 2.14 bits per heavy atom. The summed E-state index contributed by atoms with van der Waals surface area (Å²) in [5, 5.41) is 10.3. The van der Waals surface area contributed by atoms with E-state index in [4.69, 9.17) is 16.3 Å². The summed E-state index contributed by atoms with van der Waals surface area (Å²) in [6.45, 7) is 0. The molecule has 1 aromatic heterocycles. The molecule has 2 aromatic rings. The number of phenols is 1. The Morgan fingerprint density at radius 3 is 2.86 bits per heavy atom. The zero-order valence-electron chi connectivity index (χ0n) is 7.36. The highest BCUT2D eigenvalue weighted by molar-refractivity contribution is 6.34. The molecule has 1 heterocycles. The Kier molecular flexibility index (Phi) is 2.13. The van der Waals surface area contributed by atoms with Gasteiger partial charge in [0.1, 0.15) is 23.0 Å². The van der Waals surface area contributed by atoms with E-state index in [1.807, 2.05) is 0 Å². The van der Waals surface area contributed by atoms with Gasteiger partial charge in [-0.25, -0.2) is 9.97 Å². The van der Waals surface area contributed by atoms with Crippen LogP contribution < -0.4 is 4.74 Å². The summed E-state index contributed by atoms with van der Waals surface area (Å²) >= 11 is 5.81. The third-order valence-corrected chi connectivity index (χ3v) is 2.17. The quantitative estimate of drug-likeness (QED) is 0.732. The number of halogens is 1. The molecule has 5 heteroatoms. The predicted octanol–water partition coefficient (Wildman–Crippen LogP) is 2.00. The van der Waals surface area contributed by atoms with Crippen molar-refractivity contribution in [3.63, 3.8) is 0 Å². The van der Waals surface area contributed by atoms with Crippen molar-refractivity contribution in [2.75, 3.05) is 7.11 Å². The Balaban J connectivity index is 2.83. The number of rotatable bonds is 1. The fourth-order valence-electron chi connectivity index (χ4n) is 1.22. The van der Waals surface area contributed by atoms with Crippen LogP contribution in [-0.4, -0.2) is 22.2 Å². The molecule has 0 spiro atoms. The second-order valence-electron chi connectivity index (χ2n) is 2.71. The van der Waals surface area contributed by atoms with E-state index in [0.29, 0.717) is 16.7 Å². The summed E-state index contributed by atoms with van der Waals surface area (Å²) in [5.74, 6) is 0.551. The molecule has 0 radical (unpaired) electrons. The Morgan fingerprint density at radius 1 is 1.36 bits per heavy atom. The molecule has 0 saturated carbocycles. The van der Waals surface area contributed by atoms with Gasteiger partial charge >= 0.3 is 0 Å². The maximum absolute atomic E-state index is 9.62. The van der Waals surface area contributed by atoms with Gasteiger partial charge in [-0.2, -0.15) is 0 Å². The molecule has 2 rings (SSSR count). The first-order chi connectivity index (χ1) is 6.72. The highest BCUT2D eigenvalue weighted by atomic mass is 35.5.